The molecule has 0 aliphatic rings. The summed E-state index contributed by atoms with van der Waals surface area (Å²) in [4.78, 5) is -0.440. The number of nitrogens with one attached hydrogen (secondary N) is 1. The Hall–Kier alpha value is -1.28. The molecule has 8 heteroatoms. The molecule has 1 atom stereocenters. The fourth-order valence-corrected chi connectivity index (χ4v) is 3.19. The molecule has 0 aromatic heterocycles. The molecule has 114 valence electrons. The standard InChI is InChI=1S/C12H17F3N2O2S/c1-4-7(2)17-20(18,19)11-6-9(12(13,14)15)5-10(16)8(11)3/h5-7,17H,4,16H2,1-3H3. The molecule has 20 heavy (non-hydrogen) atoms. The molecule has 0 saturated heterocycles. The van der Waals surface area contributed by atoms with Crippen LogP contribution in [0.15, 0.2) is 17.0 Å². The Kier molecular flexibility index (Phi) is 4.70. The first-order chi connectivity index (χ1) is 8.99. The van der Waals surface area contributed by atoms with Crippen LogP contribution < -0.4 is 10.5 Å². The van der Waals surface area contributed by atoms with Crippen LogP contribution in [0.25, 0.3) is 0 Å². The first-order valence-corrected chi connectivity index (χ1v) is 7.47. The number of nitrogen functional groups attached to an aromatic ring is 1. The van der Waals surface area contributed by atoms with E-state index in [1.807, 2.05) is 0 Å². The van der Waals surface area contributed by atoms with E-state index in [4.69, 9.17) is 5.73 Å². The number of alkyl halides is 3. The van der Waals surface area contributed by atoms with Crippen LogP contribution in [0.2, 0.25) is 0 Å². The van der Waals surface area contributed by atoms with Crippen LogP contribution in [0, 0.1) is 6.92 Å². The van der Waals surface area contributed by atoms with Gasteiger partial charge in [-0.2, -0.15) is 13.2 Å². The van der Waals surface area contributed by atoms with Crippen LogP contribution in [-0.4, -0.2) is 14.5 Å². The Morgan fingerprint density at radius 3 is 2.35 bits per heavy atom. The van der Waals surface area contributed by atoms with Gasteiger partial charge in [-0.25, -0.2) is 13.1 Å². The van der Waals surface area contributed by atoms with E-state index in [-0.39, 0.29) is 17.3 Å². The van der Waals surface area contributed by atoms with Gasteiger partial charge in [0.25, 0.3) is 0 Å². The van der Waals surface area contributed by atoms with Crippen molar-refractivity contribution in [2.24, 2.45) is 0 Å². The highest BCUT2D eigenvalue weighted by Crippen LogP contribution is 2.34. The van der Waals surface area contributed by atoms with E-state index in [9.17, 15) is 21.6 Å². The lowest BCUT2D eigenvalue weighted by atomic mass is 10.1. The lowest BCUT2D eigenvalue weighted by Gasteiger charge is -2.17. The maximum absolute atomic E-state index is 12.7. The number of halogens is 3. The predicted octanol–water partition coefficient (Wildman–Crippen LogP) is 2.67. The maximum atomic E-state index is 12.7. The molecule has 0 spiro atoms. The van der Waals surface area contributed by atoms with Gasteiger partial charge in [0, 0.05) is 11.7 Å². The number of hydrogen-bond donors (Lipinski definition) is 2. The molecular weight excluding hydrogens is 293 g/mol. The molecule has 0 fully saturated rings. The zero-order valence-electron chi connectivity index (χ0n) is 11.4. The SMILES string of the molecule is CCC(C)NS(=O)(=O)c1cc(C(F)(F)F)cc(N)c1C. The Morgan fingerprint density at radius 1 is 1.35 bits per heavy atom. The molecule has 3 N–H and O–H groups in total. The van der Waals surface area contributed by atoms with Gasteiger partial charge in [-0.15, -0.1) is 0 Å². The zero-order chi connectivity index (χ0) is 15.7. The Balaban J connectivity index is 3.41. The lowest BCUT2D eigenvalue weighted by Crippen LogP contribution is -2.32. The first-order valence-electron chi connectivity index (χ1n) is 5.98. The Bertz CT molecular complexity index is 597. The second-order valence-corrected chi connectivity index (χ2v) is 6.30. The van der Waals surface area contributed by atoms with Gasteiger partial charge in [0.15, 0.2) is 0 Å². The van der Waals surface area contributed by atoms with Gasteiger partial charge in [0.1, 0.15) is 0 Å². The van der Waals surface area contributed by atoms with Gasteiger partial charge in [0.2, 0.25) is 10.0 Å². The van der Waals surface area contributed by atoms with Crippen molar-refractivity contribution in [3.63, 3.8) is 0 Å². The highest BCUT2D eigenvalue weighted by atomic mass is 32.2. The molecule has 0 bridgehead atoms. The third-order valence-electron chi connectivity index (χ3n) is 2.99. The van der Waals surface area contributed by atoms with Crippen molar-refractivity contribution in [1.29, 1.82) is 0 Å². The van der Waals surface area contributed by atoms with Crippen molar-refractivity contribution < 1.29 is 21.6 Å². The van der Waals surface area contributed by atoms with E-state index in [1.165, 1.54) is 6.92 Å². The summed E-state index contributed by atoms with van der Waals surface area (Å²) in [6.07, 6.45) is -4.13. The minimum absolute atomic E-state index is 0.105. The van der Waals surface area contributed by atoms with Crippen molar-refractivity contribution in [3.8, 4) is 0 Å². The third kappa shape index (κ3) is 3.63. The van der Waals surface area contributed by atoms with E-state index in [1.54, 1.807) is 13.8 Å². The molecule has 1 unspecified atom stereocenters. The summed E-state index contributed by atoms with van der Waals surface area (Å²) >= 11 is 0. The molecule has 0 amide bonds. The first kappa shape index (κ1) is 16.8. The normalized spacial score (nSPS) is 14.3. The summed E-state index contributed by atoms with van der Waals surface area (Å²) in [5.41, 5.74) is 4.31. The molecular formula is C12H17F3N2O2S. The lowest BCUT2D eigenvalue weighted by molar-refractivity contribution is -0.137. The predicted molar refractivity (Wildman–Crippen MR) is 70.7 cm³/mol. The molecule has 1 aromatic rings. The monoisotopic (exact) mass is 310 g/mol. The second-order valence-electron chi connectivity index (χ2n) is 4.62. The zero-order valence-corrected chi connectivity index (χ0v) is 12.2. The van der Waals surface area contributed by atoms with Crippen LogP contribution in [0.5, 0.6) is 0 Å². The van der Waals surface area contributed by atoms with Crippen LogP contribution in [-0.2, 0) is 16.2 Å². The number of benzene rings is 1. The molecule has 4 nitrogen and oxygen atoms in total. The van der Waals surface area contributed by atoms with Gasteiger partial charge in [-0.1, -0.05) is 6.92 Å². The van der Waals surface area contributed by atoms with E-state index in [2.05, 4.69) is 4.72 Å². The highest BCUT2D eigenvalue weighted by molar-refractivity contribution is 7.89. The summed E-state index contributed by atoms with van der Waals surface area (Å²) in [5, 5.41) is 0. The Morgan fingerprint density at radius 2 is 1.90 bits per heavy atom. The average Bonchev–Trinajstić information content (AvgIpc) is 2.30. The number of sulfonamides is 1. The van der Waals surface area contributed by atoms with Crippen molar-refractivity contribution >= 4 is 15.7 Å². The van der Waals surface area contributed by atoms with Gasteiger partial charge >= 0.3 is 6.18 Å². The van der Waals surface area contributed by atoms with Crippen molar-refractivity contribution in [2.75, 3.05) is 5.73 Å². The summed E-state index contributed by atoms with van der Waals surface area (Å²) in [6, 6.07) is 0.962. The van der Waals surface area contributed by atoms with Gasteiger partial charge < -0.3 is 5.73 Å². The average molecular weight is 310 g/mol. The molecule has 0 heterocycles. The third-order valence-corrected chi connectivity index (χ3v) is 4.70. The fourth-order valence-electron chi connectivity index (χ4n) is 1.56. The van der Waals surface area contributed by atoms with Crippen molar-refractivity contribution in [2.45, 2.75) is 44.3 Å². The highest BCUT2D eigenvalue weighted by Gasteiger charge is 2.33. The maximum Gasteiger partial charge on any atom is 0.416 e. The summed E-state index contributed by atoms with van der Waals surface area (Å²) in [7, 11) is -4.04. The molecule has 1 rings (SSSR count). The Labute approximate surface area is 116 Å². The topological polar surface area (TPSA) is 72.2 Å². The van der Waals surface area contributed by atoms with Crippen LogP contribution in [0.3, 0.4) is 0 Å². The van der Waals surface area contributed by atoms with Crippen molar-refractivity contribution in [1.82, 2.24) is 4.72 Å². The van der Waals surface area contributed by atoms with Crippen LogP contribution in [0.4, 0.5) is 18.9 Å². The molecule has 0 saturated carbocycles. The number of nitrogens with two attached hydrogens (primary N) is 1. The molecule has 0 radical (unpaired) electrons. The largest absolute Gasteiger partial charge is 0.416 e. The van der Waals surface area contributed by atoms with E-state index in [0.29, 0.717) is 12.5 Å². The quantitative estimate of drug-likeness (QED) is 0.840. The van der Waals surface area contributed by atoms with E-state index in [0.717, 1.165) is 6.07 Å². The number of rotatable bonds is 4. The van der Waals surface area contributed by atoms with Crippen LogP contribution in [0.1, 0.15) is 31.4 Å². The number of hydrogen-bond acceptors (Lipinski definition) is 3. The van der Waals surface area contributed by atoms with Crippen molar-refractivity contribution in [3.05, 3.63) is 23.3 Å². The molecule has 0 aliphatic carbocycles. The molecule has 1 aromatic carbocycles. The summed E-state index contributed by atoms with van der Waals surface area (Å²) < 4.78 is 64.7. The fraction of sp³-hybridized carbons (Fsp3) is 0.500. The van der Waals surface area contributed by atoms with Crippen LogP contribution >= 0.6 is 0 Å². The minimum Gasteiger partial charge on any atom is -0.398 e. The summed E-state index contributed by atoms with van der Waals surface area (Å²) in [6.45, 7) is 4.77. The second kappa shape index (κ2) is 5.61. The van der Waals surface area contributed by atoms with E-state index >= 15 is 0 Å². The number of anilines is 1. The smallest absolute Gasteiger partial charge is 0.398 e. The van der Waals surface area contributed by atoms with E-state index < -0.39 is 26.7 Å². The minimum atomic E-state index is -4.65. The van der Waals surface area contributed by atoms with Gasteiger partial charge in [-0.3, -0.25) is 0 Å². The molecule has 0 aliphatic heterocycles. The summed E-state index contributed by atoms with van der Waals surface area (Å²) in [5.74, 6) is 0. The van der Waals surface area contributed by atoms with Gasteiger partial charge in [0.05, 0.1) is 10.5 Å². The van der Waals surface area contributed by atoms with Gasteiger partial charge in [-0.05, 0) is 38.0 Å².